The van der Waals surface area contributed by atoms with Crippen LogP contribution in [0.3, 0.4) is 0 Å². The fourth-order valence-electron chi connectivity index (χ4n) is 5.24. The molecule has 3 heterocycles. The Kier molecular flexibility index (Phi) is 6.32. The number of aromatic nitrogens is 2. The molecular weight excluding hydrogens is 498 g/mol. The Morgan fingerprint density at radius 3 is 2.53 bits per heavy atom. The van der Waals surface area contributed by atoms with Crippen molar-refractivity contribution in [2.75, 3.05) is 22.9 Å². The van der Waals surface area contributed by atoms with E-state index < -0.39 is 23.6 Å². The van der Waals surface area contributed by atoms with Gasteiger partial charge in [0.2, 0.25) is 0 Å². The maximum absolute atomic E-state index is 14.4. The number of alkyl halides is 3. The van der Waals surface area contributed by atoms with E-state index in [0.29, 0.717) is 42.5 Å². The molecule has 0 unspecified atom stereocenters. The molecule has 5 rings (SSSR count). The van der Waals surface area contributed by atoms with Gasteiger partial charge in [0.05, 0.1) is 28.9 Å². The number of carbonyl (C=O) groups is 1. The highest BCUT2D eigenvalue weighted by atomic mass is 35.5. The summed E-state index contributed by atoms with van der Waals surface area (Å²) in [5.41, 5.74) is 0.290. The first-order valence-corrected chi connectivity index (χ1v) is 12.0. The average molecular weight is 522 g/mol. The lowest BCUT2D eigenvalue weighted by atomic mass is 9.97. The molecule has 3 aromatic rings. The van der Waals surface area contributed by atoms with Crippen molar-refractivity contribution in [3.8, 4) is 0 Å². The summed E-state index contributed by atoms with van der Waals surface area (Å²) in [6.07, 6.45) is -1.75. The summed E-state index contributed by atoms with van der Waals surface area (Å²) in [5.74, 6) is -0.0720. The zero-order valence-corrected chi connectivity index (χ0v) is 20.2. The van der Waals surface area contributed by atoms with Crippen molar-refractivity contribution >= 4 is 29.1 Å². The lowest BCUT2D eigenvalue weighted by Crippen LogP contribution is -2.55. The third-order valence-corrected chi connectivity index (χ3v) is 7.29. The number of nitrogens with zero attached hydrogens (tertiary/aromatic N) is 4. The Balaban J connectivity index is 1.41. The molecule has 2 aliphatic rings. The van der Waals surface area contributed by atoms with E-state index in [9.17, 15) is 22.4 Å². The number of hydrogen-bond donors (Lipinski definition) is 1. The molecule has 0 bridgehead atoms. The van der Waals surface area contributed by atoms with E-state index in [4.69, 9.17) is 11.6 Å². The smallest absolute Gasteiger partial charge is 0.368 e. The van der Waals surface area contributed by atoms with Gasteiger partial charge in [-0.3, -0.25) is 10.00 Å². The molecule has 0 radical (unpaired) electrons. The highest BCUT2D eigenvalue weighted by Gasteiger charge is 2.43. The van der Waals surface area contributed by atoms with E-state index in [2.05, 4.69) is 10.2 Å². The highest BCUT2D eigenvalue weighted by molar-refractivity contribution is 6.33. The first kappa shape index (κ1) is 24.4. The fraction of sp³-hybridized carbons (Fsp3) is 0.360. The van der Waals surface area contributed by atoms with Crippen molar-refractivity contribution in [3.63, 3.8) is 0 Å². The standard InChI is InChI=1S/C25H24ClF4N5O/c1-15-18-13-31-32-23(18)34(14-16-5-2-3-6-19(16)25(28,29)30)24(36)35(15)17-9-11-33(12-10-17)22-20(26)7-4-8-21(22)27/h2-8,13,15,17H,9-12,14H2,1H3,(H,31,32)/t15-/m1/s1. The Hall–Kier alpha value is -3.27. The van der Waals surface area contributed by atoms with E-state index in [1.807, 2.05) is 11.8 Å². The van der Waals surface area contributed by atoms with Crippen LogP contribution in [0.2, 0.25) is 5.02 Å². The number of rotatable bonds is 4. The molecule has 11 heteroatoms. The van der Waals surface area contributed by atoms with Crippen LogP contribution in [0, 0.1) is 5.82 Å². The molecule has 0 saturated carbocycles. The Morgan fingerprint density at radius 1 is 1.11 bits per heavy atom. The van der Waals surface area contributed by atoms with Crippen LogP contribution in [-0.2, 0) is 12.7 Å². The monoisotopic (exact) mass is 521 g/mol. The van der Waals surface area contributed by atoms with Gasteiger partial charge in [-0.2, -0.15) is 18.3 Å². The van der Waals surface area contributed by atoms with Gasteiger partial charge in [-0.25, -0.2) is 9.18 Å². The maximum atomic E-state index is 14.4. The second kappa shape index (κ2) is 9.31. The summed E-state index contributed by atoms with van der Waals surface area (Å²) < 4.78 is 55.3. The molecule has 36 heavy (non-hydrogen) atoms. The highest BCUT2D eigenvalue weighted by Crippen LogP contribution is 2.41. The number of piperidine rings is 1. The van der Waals surface area contributed by atoms with Crippen molar-refractivity contribution < 1.29 is 22.4 Å². The topological polar surface area (TPSA) is 55.5 Å². The summed E-state index contributed by atoms with van der Waals surface area (Å²) in [7, 11) is 0. The average Bonchev–Trinajstić information content (AvgIpc) is 3.33. The van der Waals surface area contributed by atoms with Crippen molar-refractivity contribution in [2.45, 2.75) is 44.6 Å². The van der Waals surface area contributed by atoms with Crippen molar-refractivity contribution in [1.29, 1.82) is 0 Å². The Labute approximate surface area is 210 Å². The largest absolute Gasteiger partial charge is 0.416 e. The summed E-state index contributed by atoms with van der Waals surface area (Å²) in [6, 6.07) is 8.88. The number of para-hydroxylation sites is 1. The number of fused-ring (bicyclic) bond motifs is 1. The van der Waals surface area contributed by atoms with Crippen LogP contribution in [0.4, 0.5) is 33.9 Å². The molecule has 190 valence electrons. The number of H-pyrrole nitrogens is 1. The Bertz CT molecular complexity index is 1250. The predicted molar refractivity (Wildman–Crippen MR) is 129 cm³/mol. The van der Waals surface area contributed by atoms with Crippen LogP contribution < -0.4 is 9.80 Å². The minimum atomic E-state index is -4.54. The normalized spacial score (nSPS) is 19.1. The molecular formula is C25H24ClF4N5O. The van der Waals surface area contributed by atoms with E-state index in [0.717, 1.165) is 11.6 Å². The SMILES string of the molecule is C[C@@H]1c2c[nH]nc2N(Cc2ccccc2C(F)(F)F)C(=O)N1C1CCN(c2c(F)cccc2Cl)CC1. The van der Waals surface area contributed by atoms with Gasteiger partial charge < -0.3 is 9.80 Å². The van der Waals surface area contributed by atoms with Gasteiger partial charge in [-0.1, -0.05) is 35.9 Å². The number of halogens is 5. The second-order valence-electron chi connectivity index (χ2n) is 9.06. The number of benzene rings is 2. The number of amides is 2. The van der Waals surface area contributed by atoms with Gasteiger partial charge in [0.1, 0.15) is 5.82 Å². The second-order valence-corrected chi connectivity index (χ2v) is 9.47. The van der Waals surface area contributed by atoms with Gasteiger partial charge in [0.15, 0.2) is 5.82 Å². The molecule has 2 aliphatic heterocycles. The first-order chi connectivity index (χ1) is 17.2. The third kappa shape index (κ3) is 4.27. The number of nitrogens with one attached hydrogen (secondary N) is 1. The zero-order chi connectivity index (χ0) is 25.6. The number of carbonyl (C=O) groups excluding carboxylic acids is 1. The van der Waals surface area contributed by atoms with Crippen LogP contribution in [0.5, 0.6) is 0 Å². The Morgan fingerprint density at radius 2 is 1.83 bits per heavy atom. The molecule has 2 aromatic carbocycles. The van der Waals surface area contributed by atoms with Crippen molar-refractivity contribution in [3.05, 3.63) is 76.2 Å². The molecule has 0 aliphatic carbocycles. The lowest BCUT2D eigenvalue weighted by Gasteiger charge is -2.46. The third-order valence-electron chi connectivity index (χ3n) is 6.99. The number of anilines is 2. The molecule has 2 amide bonds. The van der Waals surface area contributed by atoms with Crippen molar-refractivity contribution in [2.24, 2.45) is 0 Å². The minimum Gasteiger partial charge on any atom is -0.368 e. The molecule has 6 nitrogen and oxygen atoms in total. The van der Waals surface area contributed by atoms with Gasteiger partial charge in [-0.15, -0.1) is 0 Å². The van der Waals surface area contributed by atoms with E-state index in [1.165, 1.54) is 29.2 Å². The summed E-state index contributed by atoms with van der Waals surface area (Å²) in [5, 5.41) is 7.27. The van der Waals surface area contributed by atoms with Crippen LogP contribution in [0.1, 0.15) is 42.5 Å². The molecule has 1 fully saturated rings. The minimum absolute atomic E-state index is 0.00850. The van der Waals surface area contributed by atoms with Gasteiger partial charge in [-0.05, 0) is 43.5 Å². The van der Waals surface area contributed by atoms with Gasteiger partial charge >= 0.3 is 12.2 Å². The molecule has 1 aromatic heterocycles. The number of hydrogen-bond acceptors (Lipinski definition) is 3. The zero-order valence-electron chi connectivity index (χ0n) is 19.4. The van der Waals surface area contributed by atoms with Crippen LogP contribution in [-0.4, -0.2) is 40.3 Å². The quantitative estimate of drug-likeness (QED) is 0.405. The summed E-state index contributed by atoms with van der Waals surface area (Å²) >= 11 is 6.24. The summed E-state index contributed by atoms with van der Waals surface area (Å²) in [6.45, 7) is 2.58. The molecule has 0 spiro atoms. The van der Waals surface area contributed by atoms with E-state index >= 15 is 0 Å². The molecule has 1 atom stereocenters. The van der Waals surface area contributed by atoms with Crippen LogP contribution in [0.25, 0.3) is 0 Å². The number of aromatic amines is 1. The van der Waals surface area contributed by atoms with Gasteiger partial charge in [0.25, 0.3) is 0 Å². The predicted octanol–water partition coefficient (Wildman–Crippen LogP) is 6.39. The van der Waals surface area contributed by atoms with E-state index in [1.54, 1.807) is 23.2 Å². The number of urea groups is 1. The summed E-state index contributed by atoms with van der Waals surface area (Å²) in [4.78, 5) is 18.6. The van der Waals surface area contributed by atoms with E-state index in [-0.39, 0.29) is 24.2 Å². The van der Waals surface area contributed by atoms with Gasteiger partial charge in [0, 0.05) is 30.9 Å². The first-order valence-electron chi connectivity index (χ1n) is 11.6. The lowest BCUT2D eigenvalue weighted by molar-refractivity contribution is -0.138. The molecule has 1 N–H and O–H groups in total. The maximum Gasteiger partial charge on any atom is 0.416 e. The van der Waals surface area contributed by atoms with Crippen molar-refractivity contribution in [1.82, 2.24) is 15.1 Å². The van der Waals surface area contributed by atoms with Crippen LogP contribution in [0.15, 0.2) is 48.7 Å². The fourth-order valence-corrected chi connectivity index (χ4v) is 5.52. The van der Waals surface area contributed by atoms with Crippen LogP contribution >= 0.6 is 11.6 Å². The molecule has 1 saturated heterocycles.